The highest BCUT2D eigenvalue weighted by Gasteiger charge is 2.32. The Kier molecular flexibility index (Phi) is 6.05. The van der Waals surface area contributed by atoms with Gasteiger partial charge in [-0.25, -0.2) is 9.78 Å². The summed E-state index contributed by atoms with van der Waals surface area (Å²) >= 11 is 0. The van der Waals surface area contributed by atoms with Crippen LogP contribution in [0, 0.1) is 6.92 Å². The molecule has 3 N–H and O–H groups in total. The molecule has 7 nitrogen and oxygen atoms in total. The lowest BCUT2D eigenvalue weighted by atomic mass is 10.1. The van der Waals surface area contributed by atoms with Crippen molar-refractivity contribution < 1.29 is 22.7 Å². The molecule has 0 aliphatic carbocycles. The average Bonchev–Trinajstić information content (AvgIpc) is 2.70. The van der Waals surface area contributed by atoms with Gasteiger partial charge in [0.25, 0.3) is 0 Å². The number of hydrogen-bond acceptors (Lipinski definition) is 5. The van der Waals surface area contributed by atoms with E-state index in [0.29, 0.717) is 23.3 Å². The van der Waals surface area contributed by atoms with Crippen LogP contribution in [-0.2, 0) is 6.18 Å². The molecule has 0 atom stereocenters. The first kappa shape index (κ1) is 20.9. The number of alkyl halides is 3. The Balaban J connectivity index is 1.62. The number of halogens is 3. The lowest BCUT2D eigenvalue weighted by Gasteiger charge is -2.13. The molecule has 0 bridgehead atoms. The third-order valence-electron chi connectivity index (χ3n) is 3.99. The largest absolute Gasteiger partial charge is 0.439 e. The van der Waals surface area contributed by atoms with Crippen LogP contribution < -0.4 is 20.7 Å². The molecule has 0 saturated carbocycles. The van der Waals surface area contributed by atoms with Crippen LogP contribution in [0.1, 0.15) is 11.1 Å². The smallest absolute Gasteiger partial charge is 0.416 e. The second-order valence-electron chi connectivity index (χ2n) is 6.20. The van der Waals surface area contributed by atoms with Gasteiger partial charge in [0.05, 0.1) is 5.56 Å². The van der Waals surface area contributed by atoms with Crippen molar-refractivity contribution in [2.24, 2.45) is 0 Å². The normalized spacial score (nSPS) is 11.0. The van der Waals surface area contributed by atoms with Crippen LogP contribution in [0.15, 0.2) is 54.7 Å². The van der Waals surface area contributed by atoms with Gasteiger partial charge in [0.1, 0.15) is 5.75 Å². The summed E-state index contributed by atoms with van der Waals surface area (Å²) in [5, 5.41) is 7.74. The van der Waals surface area contributed by atoms with Crippen molar-refractivity contribution in [3.63, 3.8) is 0 Å². The van der Waals surface area contributed by atoms with Gasteiger partial charge in [-0.3, -0.25) is 0 Å². The van der Waals surface area contributed by atoms with Crippen LogP contribution in [0.3, 0.4) is 0 Å². The lowest BCUT2D eigenvalue weighted by Crippen LogP contribution is -2.20. The number of urea groups is 1. The van der Waals surface area contributed by atoms with E-state index in [1.807, 2.05) is 0 Å². The van der Waals surface area contributed by atoms with Gasteiger partial charge in [-0.2, -0.15) is 18.2 Å². The summed E-state index contributed by atoms with van der Waals surface area (Å²) in [6, 6.07) is 10.9. The highest BCUT2D eigenvalue weighted by atomic mass is 19.4. The van der Waals surface area contributed by atoms with Crippen LogP contribution in [0.25, 0.3) is 0 Å². The van der Waals surface area contributed by atoms with Gasteiger partial charge in [-0.15, -0.1) is 0 Å². The molecule has 3 rings (SSSR count). The standard InChI is InChI=1S/C20H18F3N5O2/c1-12-3-4-14(11-16(12)20(21,22)23)27-19(29)26-13-5-7-15(8-6-13)30-17-9-10-25-18(24-2)28-17/h3-11H,1-2H3,(H,24,25,28)(H2,26,27,29). The highest BCUT2D eigenvalue weighted by Crippen LogP contribution is 2.33. The minimum absolute atomic E-state index is 0.0366. The van der Waals surface area contributed by atoms with Crippen LogP contribution in [-0.4, -0.2) is 23.0 Å². The molecule has 0 aliphatic rings. The number of amides is 2. The number of carbonyl (C=O) groups excluding carboxylic acids is 1. The van der Waals surface area contributed by atoms with Crippen LogP contribution >= 0.6 is 0 Å². The summed E-state index contributed by atoms with van der Waals surface area (Å²) in [6.45, 7) is 1.36. The summed E-state index contributed by atoms with van der Waals surface area (Å²) in [5.74, 6) is 1.23. The summed E-state index contributed by atoms with van der Waals surface area (Å²) in [5.41, 5.74) is -0.251. The predicted octanol–water partition coefficient (Wildman–Crippen LogP) is 5.28. The minimum atomic E-state index is -4.49. The number of hydrogen-bond donors (Lipinski definition) is 3. The first-order chi connectivity index (χ1) is 14.2. The molecular formula is C20H18F3N5O2. The summed E-state index contributed by atoms with van der Waals surface area (Å²) in [6.07, 6.45) is -2.95. The molecule has 10 heteroatoms. The van der Waals surface area contributed by atoms with E-state index in [-0.39, 0.29) is 11.3 Å². The number of nitrogens with one attached hydrogen (secondary N) is 3. The third-order valence-corrected chi connectivity index (χ3v) is 3.99. The Morgan fingerprint density at radius 1 is 1.00 bits per heavy atom. The number of carbonyl (C=O) groups is 1. The Morgan fingerprint density at radius 3 is 2.33 bits per heavy atom. The maximum atomic E-state index is 13.0. The van der Waals surface area contributed by atoms with Crippen molar-refractivity contribution in [3.8, 4) is 11.6 Å². The van der Waals surface area contributed by atoms with E-state index in [2.05, 4.69) is 25.9 Å². The van der Waals surface area contributed by atoms with Crippen molar-refractivity contribution in [2.45, 2.75) is 13.1 Å². The van der Waals surface area contributed by atoms with E-state index in [1.54, 1.807) is 43.6 Å². The maximum absolute atomic E-state index is 13.0. The molecule has 0 radical (unpaired) electrons. The third kappa shape index (κ3) is 5.37. The van der Waals surface area contributed by atoms with Gasteiger partial charge in [0.15, 0.2) is 0 Å². The van der Waals surface area contributed by atoms with Crippen molar-refractivity contribution >= 4 is 23.4 Å². The second-order valence-corrected chi connectivity index (χ2v) is 6.20. The zero-order valence-corrected chi connectivity index (χ0v) is 16.0. The fourth-order valence-electron chi connectivity index (χ4n) is 2.55. The number of benzene rings is 2. The van der Waals surface area contributed by atoms with Gasteiger partial charge in [0.2, 0.25) is 11.8 Å². The molecule has 1 aromatic heterocycles. The fourth-order valence-corrected chi connectivity index (χ4v) is 2.55. The first-order valence-corrected chi connectivity index (χ1v) is 8.79. The Hall–Kier alpha value is -3.82. The van der Waals surface area contributed by atoms with Gasteiger partial charge in [-0.1, -0.05) is 6.07 Å². The zero-order valence-electron chi connectivity index (χ0n) is 16.0. The van der Waals surface area contributed by atoms with Crippen LogP contribution in [0.4, 0.5) is 35.3 Å². The molecule has 1 heterocycles. The number of ether oxygens (including phenoxy) is 1. The van der Waals surface area contributed by atoms with Crippen molar-refractivity contribution in [1.82, 2.24) is 9.97 Å². The predicted molar refractivity (Wildman–Crippen MR) is 107 cm³/mol. The molecule has 0 spiro atoms. The van der Waals surface area contributed by atoms with Gasteiger partial charge in [0, 0.05) is 30.7 Å². The average molecular weight is 417 g/mol. The minimum Gasteiger partial charge on any atom is -0.439 e. The van der Waals surface area contributed by atoms with Crippen LogP contribution in [0.5, 0.6) is 11.6 Å². The first-order valence-electron chi connectivity index (χ1n) is 8.79. The number of nitrogens with zero attached hydrogens (tertiary/aromatic N) is 2. The maximum Gasteiger partial charge on any atom is 0.416 e. The Labute approximate surface area is 170 Å². The molecular weight excluding hydrogens is 399 g/mol. The van der Waals surface area contributed by atoms with E-state index in [1.165, 1.54) is 19.1 Å². The SMILES string of the molecule is CNc1nccc(Oc2ccc(NC(=O)Nc3ccc(C)c(C(F)(F)F)c3)cc2)n1. The van der Waals surface area contributed by atoms with Crippen molar-refractivity contribution in [2.75, 3.05) is 23.0 Å². The van der Waals surface area contributed by atoms with Gasteiger partial charge >= 0.3 is 12.2 Å². The quantitative estimate of drug-likeness (QED) is 0.526. The monoisotopic (exact) mass is 417 g/mol. The Morgan fingerprint density at radius 2 is 1.67 bits per heavy atom. The van der Waals surface area contributed by atoms with Crippen molar-refractivity contribution in [3.05, 3.63) is 65.9 Å². The number of rotatable bonds is 5. The van der Waals surface area contributed by atoms with E-state index in [9.17, 15) is 18.0 Å². The number of aryl methyl sites for hydroxylation is 1. The van der Waals surface area contributed by atoms with E-state index in [0.717, 1.165) is 6.07 Å². The summed E-state index contributed by atoms with van der Waals surface area (Å²) < 4.78 is 44.6. The zero-order chi connectivity index (χ0) is 21.7. The molecule has 0 unspecified atom stereocenters. The molecule has 156 valence electrons. The highest BCUT2D eigenvalue weighted by molar-refractivity contribution is 5.99. The van der Waals surface area contributed by atoms with Crippen LogP contribution in [0.2, 0.25) is 0 Å². The Bertz CT molecular complexity index is 1040. The summed E-state index contributed by atoms with van der Waals surface area (Å²) in [7, 11) is 1.69. The molecule has 0 aliphatic heterocycles. The van der Waals surface area contributed by atoms with E-state index < -0.39 is 17.8 Å². The molecule has 2 amide bonds. The van der Waals surface area contributed by atoms with E-state index >= 15 is 0 Å². The van der Waals surface area contributed by atoms with E-state index in [4.69, 9.17) is 4.74 Å². The molecule has 30 heavy (non-hydrogen) atoms. The number of aromatic nitrogens is 2. The second kappa shape index (κ2) is 8.68. The lowest BCUT2D eigenvalue weighted by molar-refractivity contribution is -0.138. The van der Waals surface area contributed by atoms with Gasteiger partial charge in [-0.05, 0) is 48.9 Å². The molecule has 0 saturated heterocycles. The fraction of sp³-hybridized carbons (Fsp3) is 0.150. The molecule has 0 fully saturated rings. The van der Waals surface area contributed by atoms with Gasteiger partial charge < -0.3 is 20.7 Å². The van der Waals surface area contributed by atoms with Crippen molar-refractivity contribution in [1.29, 1.82) is 0 Å². The summed E-state index contributed by atoms with van der Waals surface area (Å²) in [4.78, 5) is 20.2. The topological polar surface area (TPSA) is 88.2 Å². The molecule has 3 aromatic rings. The number of anilines is 3. The molecule has 2 aromatic carbocycles.